The van der Waals surface area contributed by atoms with E-state index in [1.807, 2.05) is 26.1 Å². The minimum Gasteiger partial charge on any atom is -0.323 e. The van der Waals surface area contributed by atoms with Crippen molar-refractivity contribution in [2.45, 2.75) is 26.7 Å². The van der Waals surface area contributed by atoms with Crippen LogP contribution in [0.15, 0.2) is 18.3 Å². The van der Waals surface area contributed by atoms with Crippen LogP contribution in [0.5, 0.6) is 0 Å². The van der Waals surface area contributed by atoms with Crippen molar-refractivity contribution in [2.75, 3.05) is 5.32 Å². The van der Waals surface area contributed by atoms with Gasteiger partial charge in [-0.2, -0.15) is 10.1 Å². The SMILES string of the molecule is CCCc1nn(C)c2c(Nc3ccc(C)cn3)nc(Cl)nc12. The van der Waals surface area contributed by atoms with Crippen LogP contribution >= 0.6 is 11.6 Å². The highest BCUT2D eigenvalue weighted by molar-refractivity contribution is 6.28. The van der Waals surface area contributed by atoms with Crippen molar-refractivity contribution in [3.8, 4) is 0 Å². The summed E-state index contributed by atoms with van der Waals surface area (Å²) in [6.07, 6.45) is 3.65. The number of rotatable bonds is 4. The lowest BCUT2D eigenvalue weighted by atomic mass is 10.2. The van der Waals surface area contributed by atoms with E-state index in [-0.39, 0.29) is 5.28 Å². The quantitative estimate of drug-likeness (QED) is 0.747. The molecule has 0 saturated carbocycles. The molecule has 0 aliphatic heterocycles. The van der Waals surface area contributed by atoms with Gasteiger partial charge in [-0.05, 0) is 36.6 Å². The third kappa shape index (κ3) is 2.74. The Labute approximate surface area is 133 Å². The summed E-state index contributed by atoms with van der Waals surface area (Å²) >= 11 is 6.08. The monoisotopic (exact) mass is 316 g/mol. The van der Waals surface area contributed by atoms with Gasteiger partial charge in [-0.3, -0.25) is 4.68 Å². The Bertz CT molecular complexity index is 809. The van der Waals surface area contributed by atoms with Crippen LogP contribution in [-0.2, 0) is 13.5 Å². The Hall–Kier alpha value is -2.21. The number of nitrogens with one attached hydrogen (secondary N) is 1. The van der Waals surface area contributed by atoms with Gasteiger partial charge in [0.15, 0.2) is 5.82 Å². The van der Waals surface area contributed by atoms with Gasteiger partial charge in [-0.15, -0.1) is 0 Å². The lowest BCUT2D eigenvalue weighted by Crippen LogP contribution is -2.01. The molecule has 0 saturated heterocycles. The Morgan fingerprint density at radius 1 is 1.27 bits per heavy atom. The number of anilines is 2. The van der Waals surface area contributed by atoms with E-state index < -0.39 is 0 Å². The molecule has 0 bridgehead atoms. The number of aromatic nitrogens is 5. The maximum Gasteiger partial charge on any atom is 0.225 e. The molecule has 114 valence electrons. The second-order valence-corrected chi connectivity index (χ2v) is 5.54. The zero-order valence-corrected chi connectivity index (χ0v) is 13.5. The van der Waals surface area contributed by atoms with Crippen LogP contribution in [0, 0.1) is 6.92 Å². The minimum absolute atomic E-state index is 0.201. The fourth-order valence-corrected chi connectivity index (χ4v) is 2.54. The molecule has 7 heteroatoms. The van der Waals surface area contributed by atoms with E-state index in [0.29, 0.717) is 11.6 Å². The zero-order chi connectivity index (χ0) is 15.7. The van der Waals surface area contributed by atoms with Crippen molar-refractivity contribution < 1.29 is 0 Å². The first-order chi connectivity index (χ1) is 10.6. The highest BCUT2D eigenvalue weighted by Gasteiger charge is 2.16. The van der Waals surface area contributed by atoms with Gasteiger partial charge in [-0.25, -0.2) is 9.97 Å². The minimum atomic E-state index is 0.201. The van der Waals surface area contributed by atoms with Crippen LogP contribution in [0.25, 0.3) is 11.0 Å². The summed E-state index contributed by atoms with van der Waals surface area (Å²) in [4.78, 5) is 13.0. The van der Waals surface area contributed by atoms with Crippen LogP contribution in [0.1, 0.15) is 24.6 Å². The fourth-order valence-electron chi connectivity index (χ4n) is 2.37. The topological polar surface area (TPSA) is 68.5 Å². The molecule has 6 nitrogen and oxygen atoms in total. The summed E-state index contributed by atoms with van der Waals surface area (Å²) < 4.78 is 1.78. The molecule has 1 N–H and O–H groups in total. The lowest BCUT2D eigenvalue weighted by Gasteiger charge is -2.07. The highest BCUT2D eigenvalue weighted by atomic mass is 35.5. The Kier molecular flexibility index (Phi) is 3.94. The van der Waals surface area contributed by atoms with E-state index in [1.165, 1.54) is 0 Å². The van der Waals surface area contributed by atoms with Crippen molar-refractivity contribution in [1.29, 1.82) is 0 Å². The summed E-state index contributed by atoms with van der Waals surface area (Å²) in [5, 5.41) is 7.94. The van der Waals surface area contributed by atoms with Gasteiger partial charge in [0.25, 0.3) is 0 Å². The van der Waals surface area contributed by atoms with Crippen LogP contribution < -0.4 is 5.32 Å². The van der Waals surface area contributed by atoms with Crippen molar-refractivity contribution in [3.63, 3.8) is 0 Å². The van der Waals surface area contributed by atoms with Gasteiger partial charge in [0.2, 0.25) is 5.28 Å². The molecular weight excluding hydrogens is 300 g/mol. The maximum absolute atomic E-state index is 6.08. The van der Waals surface area contributed by atoms with Gasteiger partial charge in [-0.1, -0.05) is 19.4 Å². The number of halogens is 1. The molecule has 0 amide bonds. The predicted octanol–water partition coefficient (Wildman–Crippen LogP) is 3.42. The number of nitrogens with zero attached hydrogens (tertiary/aromatic N) is 5. The van der Waals surface area contributed by atoms with Crippen molar-refractivity contribution in [3.05, 3.63) is 34.9 Å². The predicted molar refractivity (Wildman–Crippen MR) is 87.6 cm³/mol. The molecule has 0 aliphatic carbocycles. The number of pyridine rings is 1. The largest absolute Gasteiger partial charge is 0.323 e. The van der Waals surface area contributed by atoms with Gasteiger partial charge in [0, 0.05) is 13.2 Å². The summed E-state index contributed by atoms with van der Waals surface area (Å²) in [5.41, 5.74) is 3.65. The molecule has 0 spiro atoms. The first-order valence-corrected chi connectivity index (χ1v) is 7.55. The van der Waals surface area contributed by atoms with Gasteiger partial charge in [0.1, 0.15) is 16.9 Å². The first-order valence-electron chi connectivity index (χ1n) is 7.17. The second-order valence-electron chi connectivity index (χ2n) is 5.20. The molecule has 0 atom stereocenters. The lowest BCUT2D eigenvalue weighted by molar-refractivity contribution is 0.753. The van der Waals surface area contributed by atoms with Crippen LogP contribution in [0.2, 0.25) is 5.28 Å². The van der Waals surface area contributed by atoms with Crippen molar-refractivity contribution >= 4 is 34.3 Å². The maximum atomic E-state index is 6.08. The molecule has 3 aromatic heterocycles. The van der Waals surface area contributed by atoms with E-state index in [0.717, 1.165) is 35.1 Å². The molecule has 0 aliphatic rings. The van der Waals surface area contributed by atoms with E-state index in [9.17, 15) is 0 Å². The summed E-state index contributed by atoms with van der Waals surface area (Å²) in [6.45, 7) is 4.10. The number of fused-ring (bicyclic) bond motifs is 1. The Balaban J connectivity index is 2.10. The first kappa shape index (κ1) is 14.7. The zero-order valence-electron chi connectivity index (χ0n) is 12.8. The summed E-state index contributed by atoms with van der Waals surface area (Å²) in [5.74, 6) is 1.32. The molecule has 0 radical (unpaired) electrons. The second kappa shape index (κ2) is 5.88. The fraction of sp³-hybridized carbons (Fsp3) is 0.333. The van der Waals surface area contributed by atoms with Gasteiger partial charge < -0.3 is 5.32 Å². The molecule has 22 heavy (non-hydrogen) atoms. The van der Waals surface area contributed by atoms with E-state index in [1.54, 1.807) is 10.9 Å². The van der Waals surface area contributed by atoms with Gasteiger partial charge in [0.05, 0.1) is 5.69 Å². The molecule has 0 fully saturated rings. The number of hydrogen-bond donors (Lipinski definition) is 1. The molecule has 3 heterocycles. The average Bonchev–Trinajstić information content (AvgIpc) is 2.78. The van der Waals surface area contributed by atoms with E-state index in [2.05, 4.69) is 32.3 Å². The van der Waals surface area contributed by atoms with Gasteiger partial charge >= 0.3 is 0 Å². The van der Waals surface area contributed by atoms with E-state index >= 15 is 0 Å². The Morgan fingerprint density at radius 3 is 2.77 bits per heavy atom. The van der Waals surface area contributed by atoms with Crippen LogP contribution in [0.3, 0.4) is 0 Å². The van der Waals surface area contributed by atoms with E-state index in [4.69, 9.17) is 11.6 Å². The third-order valence-corrected chi connectivity index (χ3v) is 3.54. The number of hydrogen-bond acceptors (Lipinski definition) is 5. The standard InChI is InChI=1S/C15H17ClN6/c1-4-5-10-12-13(22(3)21-10)14(20-15(16)19-12)18-11-7-6-9(2)8-17-11/h6-8H,4-5H2,1-3H3,(H,17,18,19,20). The molecule has 0 unspecified atom stereocenters. The summed E-state index contributed by atoms with van der Waals surface area (Å²) in [7, 11) is 1.88. The number of aryl methyl sites for hydroxylation is 3. The van der Waals surface area contributed by atoms with Crippen LogP contribution in [0.4, 0.5) is 11.6 Å². The normalized spacial score (nSPS) is 11.1. The summed E-state index contributed by atoms with van der Waals surface area (Å²) in [6, 6.07) is 3.89. The van der Waals surface area contributed by atoms with Crippen molar-refractivity contribution in [1.82, 2.24) is 24.7 Å². The van der Waals surface area contributed by atoms with Crippen molar-refractivity contribution in [2.24, 2.45) is 7.05 Å². The molecule has 0 aromatic carbocycles. The smallest absolute Gasteiger partial charge is 0.225 e. The third-order valence-electron chi connectivity index (χ3n) is 3.37. The Morgan fingerprint density at radius 2 is 2.09 bits per heavy atom. The van der Waals surface area contributed by atoms with Crippen LogP contribution in [-0.4, -0.2) is 24.7 Å². The molecule has 3 aromatic rings. The molecule has 3 rings (SSSR count). The highest BCUT2D eigenvalue weighted by Crippen LogP contribution is 2.27. The average molecular weight is 317 g/mol. The molecular formula is C15H17ClN6.